The van der Waals surface area contributed by atoms with E-state index in [1.807, 2.05) is 36.4 Å². The first kappa shape index (κ1) is 22.0. The monoisotopic (exact) mass is 464 g/mol. The lowest BCUT2D eigenvalue weighted by atomic mass is 10.2. The summed E-state index contributed by atoms with van der Waals surface area (Å²) in [5, 5.41) is 8.78. The van der Waals surface area contributed by atoms with Crippen LogP contribution in [0.1, 0.15) is 16.7 Å². The van der Waals surface area contributed by atoms with Crippen LogP contribution in [-0.4, -0.2) is 19.8 Å². The number of nitrogens with one attached hydrogen (secondary N) is 1. The van der Waals surface area contributed by atoms with Gasteiger partial charge in [0.15, 0.2) is 10.9 Å². The Morgan fingerprint density at radius 3 is 2.00 bits per heavy atom. The number of halogens is 2. The second-order valence-electron chi connectivity index (χ2n) is 7.39. The summed E-state index contributed by atoms with van der Waals surface area (Å²) in [4.78, 5) is 2.09. The molecule has 0 aliphatic carbocycles. The predicted molar refractivity (Wildman–Crippen MR) is 131 cm³/mol. The molecular weight excluding hydrogens is 443 g/mol. The zero-order valence-electron chi connectivity index (χ0n) is 17.3. The topological polar surface area (TPSA) is 33.1 Å². The maximum Gasteiger partial charge on any atom is 0.175 e. The first-order valence-corrected chi connectivity index (χ1v) is 11.0. The van der Waals surface area contributed by atoms with E-state index in [0.29, 0.717) is 35.7 Å². The highest BCUT2D eigenvalue weighted by Gasteiger charge is 2.14. The van der Waals surface area contributed by atoms with Gasteiger partial charge in [-0.1, -0.05) is 84.4 Å². The molecule has 0 atom stereocenters. The Kier molecular flexibility index (Phi) is 7.14. The van der Waals surface area contributed by atoms with Crippen LogP contribution < -0.4 is 5.32 Å². The molecule has 0 aliphatic heterocycles. The Morgan fingerprint density at radius 1 is 0.875 bits per heavy atom. The average Bonchev–Trinajstić information content (AvgIpc) is 3.14. The van der Waals surface area contributed by atoms with Crippen molar-refractivity contribution in [2.24, 2.45) is 0 Å². The predicted octanol–water partition coefficient (Wildman–Crippen LogP) is 6.12. The molecule has 0 amide bonds. The summed E-state index contributed by atoms with van der Waals surface area (Å²) in [6, 6.07) is 28.4. The summed E-state index contributed by atoms with van der Waals surface area (Å²) in [6.45, 7) is 1.75. The highest BCUT2D eigenvalue weighted by molar-refractivity contribution is 7.80. The number of aromatic nitrogens is 2. The van der Waals surface area contributed by atoms with Crippen LogP contribution >= 0.6 is 23.8 Å². The highest BCUT2D eigenvalue weighted by Crippen LogP contribution is 2.19. The third kappa shape index (κ3) is 5.93. The third-order valence-electron chi connectivity index (χ3n) is 4.93. The standard InChI is InChI=1S/C25H22ClFN4S/c26-23-15-24(29-31(23)18-21-11-13-22(27)14-12-21)28-25(32)30(16-19-7-3-1-4-8-19)17-20-9-5-2-6-10-20/h1-15H,16-18H2,(H,28,29,32). The SMILES string of the molecule is Fc1ccc(Cn2nc(NC(=S)N(Cc3ccccc3)Cc3ccccc3)cc2Cl)cc1. The van der Waals surface area contributed by atoms with E-state index in [0.717, 1.165) is 16.7 Å². The van der Waals surface area contributed by atoms with Crippen molar-refractivity contribution in [2.45, 2.75) is 19.6 Å². The molecule has 3 aromatic carbocycles. The van der Waals surface area contributed by atoms with Crippen molar-refractivity contribution >= 4 is 34.7 Å². The summed E-state index contributed by atoms with van der Waals surface area (Å²) < 4.78 is 14.8. The van der Waals surface area contributed by atoms with Crippen LogP contribution in [0.3, 0.4) is 0 Å². The maximum absolute atomic E-state index is 13.2. The van der Waals surface area contributed by atoms with Crippen LogP contribution in [0.25, 0.3) is 0 Å². The molecule has 1 N–H and O–H groups in total. The Labute approximate surface area is 197 Å². The second kappa shape index (κ2) is 10.4. The third-order valence-corrected chi connectivity index (χ3v) is 5.60. The van der Waals surface area contributed by atoms with Gasteiger partial charge in [0.05, 0.1) is 6.54 Å². The van der Waals surface area contributed by atoms with E-state index in [4.69, 9.17) is 23.8 Å². The van der Waals surface area contributed by atoms with Gasteiger partial charge < -0.3 is 10.2 Å². The normalized spacial score (nSPS) is 10.7. The van der Waals surface area contributed by atoms with Gasteiger partial charge in [-0.05, 0) is 41.0 Å². The number of hydrogen-bond acceptors (Lipinski definition) is 2. The molecule has 0 fully saturated rings. The summed E-state index contributed by atoms with van der Waals surface area (Å²) in [7, 11) is 0. The molecule has 1 heterocycles. The Hall–Kier alpha value is -3.22. The van der Waals surface area contributed by atoms with Crippen LogP contribution in [0.4, 0.5) is 10.2 Å². The van der Waals surface area contributed by atoms with Crippen molar-refractivity contribution < 1.29 is 4.39 Å². The van der Waals surface area contributed by atoms with E-state index in [1.165, 1.54) is 12.1 Å². The minimum Gasteiger partial charge on any atom is -0.340 e. The molecule has 0 spiro atoms. The second-order valence-corrected chi connectivity index (χ2v) is 8.17. The van der Waals surface area contributed by atoms with Gasteiger partial charge in [-0.2, -0.15) is 5.10 Å². The molecular formula is C25H22ClFN4S. The molecule has 0 saturated heterocycles. The van der Waals surface area contributed by atoms with Crippen LogP contribution in [-0.2, 0) is 19.6 Å². The largest absolute Gasteiger partial charge is 0.340 e. The van der Waals surface area contributed by atoms with Crippen molar-refractivity contribution in [3.63, 3.8) is 0 Å². The van der Waals surface area contributed by atoms with Gasteiger partial charge in [0.2, 0.25) is 0 Å². The van der Waals surface area contributed by atoms with Crippen molar-refractivity contribution in [3.8, 4) is 0 Å². The number of rotatable bonds is 7. The van der Waals surface area contributed by atoms with Crippen LogP contribution in [0.5, 0.6) is 0 Å². The smallest absolute Gasteiger partial charge is 0.175 e. The molecule has 0 saturated carbocycles. The van der Waals surface area contributed by atoms with E-state index in [9.17, 15) is 4.39 Å². The molecule has 162 valence electrons. The van der Waals surface area contributed by atoms with E-state index >= 15 is 0 Å². The summed E-state index contributed by atoms with van der Waals surface area (Å²) in [6.07, 6.45) is 0. The number of hydrogen-bond donors (Lipinski definition) is 1. The van der Waals surface area contributed by atoms with E-state index < -0.39 is 0 Å². The summed E-state index contributed by atoms with van der Waals surface area (Å²) in [5.74, 6) is 0.290. The average molecular weight is 465 g/mol. The minimum atomic E-state index is -0.273. The van der Waals surface area contributed by atoms with Crippen molar-refractivity contribution in [3.05, 3.63) is 119 Å². The molecule has 4 rings (SSSR count). The quantitative estimate of drug-likeness (QED) is 0.334. The van der Waals surface area contributed by atoms with E-state index in [1.54, 1.807) is 22.9 Å². The molecule has 32 heavy (non-hydrogen) atoms. The van der Waals surface area contributed by atoms with E-state index in [2.05, 4.69) is 39.6 Å². The van der Waals surface area contributed by atoms with E-state index in [-0.39, 0.29) is 5.82 Å². The van der Waals surface area contributed by atoms with Gasteiger partial charge in [0, 0.05) is 19.2 Å². The van der Waals surface area contributed by atoms with Crippen LogP contribution in [0.15, 0.2) is 91.0 Å². The molecule has 0 aliphatic rings. The first-order chi connectivity index (χ1) is 15.6. The molecule has 0 unspecified atom stereocenters. The summed E-state index contributed by atoms with van der Waals surface area (Å²) >= 11 is 12.1. The Balaban J connectivity index is 1.49. The fraction of sp³-hybridized carbons (Fsp3) is 0.120. The fourth-order valence-electron chi connectivity index (χ4n) is 3.32. The molecule has 0 radical (unpaired) electrons. The van der Waals surface area contributed by atoms with Gasteiger partial charge in [-0.3, -0.25) is 0 Å². The van der Waals surface area contributed by atoms with Gasteiger partial charge >= 0.3 is 0 Å². The highest BCUT2D eigenvalue weighted by atomic mass is 35.5. The van der Waals surface area contributed by atoms with Crippen molar-refractivity contribution in [1.29, 1.82) is 0 Å². The molecule has 0 bridgehead atoms. The number of nitrogens with zero attached hydrogens (tertiary/aromatic N) is 3. The first-order valence-electron chi connectivity index (χ1n) is 10.2. The number of anilines is 1. The van der Waals surface area contributed by atoms with Crippen molar-refractivity contribution in [1.82, 2.24) is 14.7 Å². The zero-order valence-corrected chi connectivity index (χ0v) is 18.9. The lowest BCUT2D eigenvalue weighted by Gasteiger charge is -2.25. The number of thiocarbonyl (C=S) groups is 1. The lowest BCUT2D eigenvalue weighted by Crippen LogP contribution is -2.34. The molecule has 4 nitrogen and oxygen atoms in total. The van der Waals surface area contributed by atoms with Crippen LogP contribution in [0, 0.1) is 5.82 Å². The lowest BCUT2D eigenvalue weighted by molar-refractivity contribution is 0.412. The Morgan fingerprint density at radius 2 is 1.44 bits per heavy atom. The van der Waals surface area contributed by atoms with Gasteiger partial charge in [-0.25, -0.2) is 9.07 Å². The van der Waals surface area contributed by atoms with Gasteiger partial charge in [-0.15, -0.1) is 0 Å². The fourth-order valence-corrected chi connectivity index (χ4v) is 3.76. The molecule has 1 aromatic heterocycles. The maximum atomic E-state index is 13.2. The number of benzene rings is 3. The Bertz CT molecular complexity index is 1120. The van der Waals surface area contributed by atoms with Crippen molar-refractivity contribution in [2.75, 3.05) is 5.32 Å². The summed E-state index contributed by atoms with van der Waals surface area (Å²) in [5.41, 5.74) is 3.22. The zero-order chi connectivity index (χ0) is 22.3. The van der Waals surface area contributed by atoms with Gasteiger partial charge in [0.25, 0.3) is 0 Å². The molecule has 4 aromatic rings. The van der Waals surface area contributed by atoms with Crippen LogP contribution in [0.2, 0.25) is 5.15 Å². The van der Waals surface area contributed by atoms with Gasteiger partial charge in [0.1, 0.15) is 11.0 Å². The minimum absolute atomic E-state index is 0.273. The molecule has 7 heteroatoms.